The van der Waals surface area contributed by atoms with E-state index in [0.717, 1.165) is 0 Å². The van der Waals surface area contributed by atoms with E-state index in [4.69, 9.17) is 5.11 Å². The lowest BCUT2D eigenvalue weighted by atomic mass is 9.80. The number of aliphatic hydroxyl groups is 1. The SMILES string of the molecule is CC[C@H](CO)NC(=O)C1CCCC(C(F)(F)F)C1. The van der Waals surface area contributed by atoms with E-state index >= 15 is 0 Å². The van der Waals surface area contributed by atoms with Gasteiger partial charge in [-0.2, -0.15) is 13.2 Å². The number of aliphatic hydroxyl groups excluding tert-OH is 1. The summed E-state index contributed by atoms with van der Waals surface area (Å²) in [6.07, 6.45) is -2.72. The highest BCUT2D eigenvalue weighted by Gasteiger charge is 2.43. The molecule has 1 rings (SSSR count). The van der Waals surface area contributed by atoms with Crippen LogP contribution in [0.3, 0.4) is 0 Å². The van der Waals surface area contributed by atoms with E-state index < -0.39 is 18.0 Å². The smallest absolute Gasteiger partial charge is 0.391 e. The molecule has 1 aliphatic carbocycles. The maximum Gasteiger partial charge on any atom is 0.391 e. The highest BCUT2D eigenvalue weighted by atomic mass is 19.4. The third-order valence-electron chi connectivity index (χ3n) is 3.57. The molecule has 0 radical (unpaired) electrons. The minimum atomic E-state index is -4.21. The molecule has 0 aromatic rings. The van der Waals surface area contributed by atoms with Gasteiger partial charge in [-0.3, -0.25) is 4.79 Å². The number of carbonyl (C=O) groups excluding carboxylic acids is 1. The molecule has 0 aromatic carbocycles. The molecule has 1 fully saturated rings. The van der Waals surface area contributed by atoms with Crippen LogP contribution < -0.4 is 5.32 Å². The molecule has 3 atom stereocenters. The van der Waals surface area contributed by atoms with Gasteiger partial charge in [0, 0.05) is 5.92 Å². The maximum atomic E-state index is 12.6. The van der Waals surface area contributed by atoms with Crippen LogP contribution in [0.1, 0.15) is 39.0 Å². The van der Waals surface area contributed by atoms with Crippen molar-refractivity contribution in [2.45, 2.75) is 51.2 Å². The lowest BCUT2D eigenvalue weighted by molar-refractivity contribution is -0.186. The first kappa shape index (κ1) is 15.3. The molecule has 3 nitrogen and oxygen atoms in total. The second-order valence-corrected chi connectivity index (χ2v) is 4.90. The van der Waals surface area contributed by atoms with E-state index in [0.29, 0.717) is 19.3 Å². The van der Waals surface area contributed by atoms with Gasteiger partial charge in [-0.05, 0) is 25.7 Å². The van der Waals surface area contributed by atoms with Crippen molar-refractivity contribution in [3.8, 4) is 0 Å². The Balaban J connectivity index is 2.53. The van der Waals surface area contributed by atoms with Crippen LogP contribution in [0.5, 0.6) is 0 Å². The summed E-state index contributed by atoms with van der Waals surface area (Å²) in [6.45, 7) is 1.62. The fourth-order valence-corrected chi connectivity index (χ4v) is 2.32. The van der Waals surface area contributed by atoms with E-state index in [1.165, 1.54) is 0 Å². The minimum absolute atomic E-state index is 0.116. The van der Waals surface area contributed by atoms with Crippen LogP contribution in [0.15, 0.2) is 0 Å². The summed E-state index contributed by atoms with van der Waals surface area (Å²) in [4.78, 5) is 11.8. The van der Waals surface area contributed by atoms with Gasteiger partial charge in [0.15, 0.2) is 0 Å². The Bertz CT molecular complexity index is 277. The zero-order valence-corrected chi connectivity index (χ0v) is 10.5. The molecule has 0 spiro atoms. The van der Waals surface area contributed by atoms with Crippen molar-refractivity contribution < 1.29 is 23.1 Å². The Kier molecular flexibility index (Phi) is 5.44. The Labute approximate surface area is 105 Å². The monoisotopic (exact) mass is 267 g/mol. The van der Waals surface area contributed by atoms with Crippen LogP contribution in [0.25, 0.3) is 0 Å². The number of rotatable bonds is 4. The van der Waals surface area contributed by atoms with Crippen molar-refractivity contribution in [3.05, 3.63) is 0 Å². The zero-order chi connectivity index (χ0) is 13.8. The van der Waals surface area contributed by atoms with E-state index in [-0.39, 0.29) is 31.4 Å². The predicted molar refractivity (Wildman–Crippen MR) is 60.8 cm³/mol. The van der Waals surface area contributed by atoms with Crippen molar-refractivity contribution in [2.24, 2.45) is 11.8 Å². The molecule has 2 unspecified atom stereocenters. The molecule has 2 N–H and O–H groups in total. The van der Waals surface area contributed by atoms with Crippen molar-refractivity contribution in [3.63, 3.8) is 0 Å². The minimum Gasteiger partial charge on any atom is -0.394 e. The second-order valence-electron chi connectivity index (χ2n) is 4.90. The molecule has 0 aliphatic heterocycles. The zero-order valence-electron chi connectivity index (χ0n) is 10.5. The van der Waals surface area contributed by atoms with Gasteiger partial charge < -0.3 is 10.4 Å². The summed E-state index contributed by atoms with van der Waals surface area (Å²) in [6, 6.07) is -0.358. The third kappa shape index (κ3) is 4.15. The number of amides is 1. The third-order valence-corrected chi connectivity index (χ3v) is 3.57. The van der Waals surface area contributed by atoms with Crippen molar-refractivity contribution >= 4 is 5.91 Å². The normalized spacial score (nSPS) is 26.7. The molecule has 0 aromatic heterocycles. The molecule has 1 amide bonds. The number of halogens is 3. The second kappa shape index (κ2) is 6.41. The molecule has 1 aliphatic rings. The Morgan fingerprint density at radius 2 is 2.11 bits per heavy atom. The van der Waals surface area contributed by atoms with Gasteiger partial charge in [0.1, 0.15) is 0 Å². The lowest BCUT2D eigenvalue weighted by Crippen LogP contribution is -2.43. The van der Waals surface area contributed by atoms with Crippen molar-refractivity contribution in [2.75, 3.05) is 6.61 Å². The van der Waals surface area contributed by atoms with Gasteiger partial charge in [-0.1, -0.05) is 13.3 Å². The first-order valence-electron chi connectivity index (χ1n) is 6.36. The fourth-order valence-electron chi connectivity index (χ4n) is 2.32. The van der Waals surface area contributed by atoms with E-state index in [9.17, 15) is 18.0 Å². The number of carbonyl (C=O) groups is 1. The average Bonchev–Trinajstić information content (AvgIpc) is 2.34. The van der Waals surface area contributed by atoms with Crippen LogP contribution in [0.4, 0.5) is 13.2 Å². The predicted octanol–water partition coefficient (Wildman–Crippen LogP) is 2.24. The summed E-state index contributed by atoms with van der Waals surface area (Å²) < 4.78 is 37.8. The largest absolute Gasteiger partial charge is 0.394 e. The summed E-state index contributed by atoms with van der Waals surface area (Å²) in [7, 11) is 0. The Morgan fingerprint density at radius 3 is 2.61 bits per heavy atom. The standard InChI is InChI=1S/C12H20F3NO2/c1-2-10(7-17)16-11(18)8-4-3-5-9(6-8)12(13,14)15/h8-10,17H,2-7H2,1H3,(H,16,18)/t8?,9?,10-/m1/s1. The first-order valence-corrected chi connectivity index (χ1v) is 6.36. The van der Waals surface area contributed by atoms with Crippen LogP contribution in [0, 0.1) is 11.8 Å². The fraction of sp³-hybridized carbons (Fsp3) is 0.917. The Morgan fingerprint density at radius 1 is 1.44 bits per heavy atom. The van der Waals surface area contributed by atoms with E-state index in [1.54, 1.807) is 6.92 Å². The summed E-state index contributed by atoms with van der Waals surface area (Å²) in [5, 5.41) is 11.6. The van der Waals surface area contributed by atoms with Gasteiger partial charge in [0.05, 0.1) is 18.6 Å². The number of alkyl halides is 3. The van der Waals surface area contributed by atoms with Crippen molar-refractivity contribution in [1.29, 1.82) is 0 Å². The molecule has 0 bridgehead atoms. The molecule has 1 saturated carbocycles. The molecular weight excluding hydrogens is 247 g/mol. The highest BCUT2D eigenvalue weighted by Crippen LogP contribution is 2.39. The van der Waals surface area contributed by atoms with Crippen LogP contribution in [-0.2, 0) is 4.79 Å². The van der Waals surface area contributed by atoms with Crippen LogP contribution in [0.2, 0.25) is 0 Å². The topological polar surface area (TPSA) is 49.3 Å². The molecule has 0 heterocycles. The number of hydrogen-bond donors (Lipinski definition) is 2. The van der Waals surface area contributed by atoms with Gasteiger partial charge in [-0.25, -0.2) is 0 Å². The quantitative estimate of drug-likeness (QED) is 0.820. The molecule has 6 heteroatoms. The highest BCUT2D eigenvalue weighted by molar-refractivity contribution is 5.79. The van der Waals surface area contributed by atoms with E-state index in [2.05, 4.69) is 5.32 Å². The van der Waals surface area contributed by atoms with E-state index in [1.807, 2.05) is 0 Å². The summed E-state index contributed by atoms with van der Waals surface area (Å²) in [5.74, 6) is -2.30. The Hall–Kier alpha value is -0.780. The van der Waals surface area contributed by atoms with Gasteiger partial charge in [0.25, 0.3) is 0 Å². The lowest BCUT2D eigenvalue weighted by Gasteiger charge is -2.30. The van der Waals surface area contributed by atoms with Crippen LogP contribution >= 0.6 is 0 Å². The summed E-state index contributed by atoms with van der Waals surface area (Å²) in [5.41, 5.74) is 0. The molecule has 0 saturated heterocycles. The average molecular weight is 267 g/mol. The first-order chi connectivity index (χ1) is 8.38. The molecular formula is C12H20F3NO2. The summed E-state index contributed by atoms with van der Waals surface area (Å²) >= 11 is 0. The number of nitrogens with one attached hydrogen (secondary N) is 1. The van der Waals surface area contributed by atoms with Crippen molar-refractivity contribution in [1.82, 2.24) is 5.32 Å². The van der Waals surface area contributed by atoms with Gasteiger partial charge in [-0.15, -0.1) is 0 Å². The molecule has 18 heavy (non-hydrogen) atoms. The molecule has 106 valence electrons. The number of hydrogen-bond acceptors (Lipinski definition) is 2. The van der Waals surface area contributed by atoms with Gasteiger partial charge >= 0.3 is 6.18 Å². The van der Waals surface area contributed by atoms with Crippen LogP contribution in [-0.4, -0.2) is 29.8 Å². The maximum absolute atomic E-state index is 12.6. The van der Waals surface area contributed by atoms with Gasteiger partial charge in [0.2, 0.25) is 5.91 Å².